The summed E-state index contributed by atoms with van der Waals surface area (Å²) < 4.78 is 0. The third kappa shape index (κ3) is 15.1. The maximum atomic E-state index is 11.5. The van der Waals surface area contributed by atoms with Crippen LogP contribution in [0.15, 0.2) is 0 Å². The summed E-state index contributed by atoms with van der Waals surface area (Å²) in [6.45, 7) is 2.81. The molecule has 0 aromatic carbocycles. The van der Waals surface area contributed by atoms with Gasteiger partial charge in [-0.3, -0.25) is 9.59 Å². The number of carbonyl (C=O) groups is 2. The number of nitrogens with one attached hydrogen (secondary N) is 2. The molecule has 0 unspecified atom stereocenters. The van der Waals surface area contributed by atoms with Crippen molar-refractivity contribution in [3.8, 4) is 0 Å². The van der Waals surface area contributed by atoms with E-state index in [0.29, 0.717) is 45.4 Å². The lowest BCUT2D eigenvalue weighted by Crippen LogP contribution is -2.26. The zero-order valence-electron chi connectivity index (χ0n) is 13.2. The number of rotatable bonds is 14. The fourth-order valence-corrected chi connectivity index (χ4v) is 1.93. The summed E-state index contributed by atoms with van der Waals surface area (Å²) in [6.07, 6.45) is 7.45. The molecule has 0 aliphatic heterocycles. The molecular formula is C15H32N4O2. The highest BCUT2D eigenvalue weighted by molar-refractivity contribution is 5.78. The van der Waals surface area contributed by atoms with E-state index < -0.39 is 0 Å². The van der Waals surface area contributed by atoms with E-state index in [9.17, 15) is 9.59 Å². The van der Waals surface area contributed by atoms with Crippen LogP contribution < -0.4 is 22.1 Å². The van der Waals surface area contributed by atoms with Crippen LogP contribution in [0.1, 0.15) is 57.8 Å². The highest BCUT2D eigenvalue weighted by Gasteiger charge is 2.04. The smallest absolute Gasteiger partial charge is 0.220 e. The number of carbonyl (C=O) groups excluding carboxylic acids is 2. The van der Waals surface area contributed by atoms with Crippen molar-refractivity contribution in [2.75, 3.05) is 26.2 Å². The van der Waals surface area contributed by atoms with Crippen molar-refractivity contribution in [3.05, 3.63) is 0 Å². The Balaban J connectivity index is 3.34. The van der Waals surface area contributed by atoms with E-state index >= 15 is 0 Å². The minimum Gasteiger partial charge on any atom is -0.356 e. The van der Waals surface area contributed by atoms with Crippen LogP contribution in [0, 0.1) is 0 Å². The van der Waals surface area contributed by atoms with Crippen LogP contribution in [0.2, 0.25) is 0 Å². The monoisotopic (exact) mass is 300 g/mol. The van der Waals surface area contributed by atoms with Gasteiger partial charge in [0, 0.05) is 25.9 Å². The van der Waals surface area contributed by atoms with Gasteiger partial charge in [0.05, 0.1) is 0 Å². The van der Waals surface area contributed by atoms with Crippen LogP contribution >= 0.6 is 0 Å². The number of hydrogen-bond donors (Lipinski definition) is 4. The van der Waals surface area contributed by atoms with Gasteiger partial charge in [0.15, 0.2) is 0 Å². The molecule has 0 aliphatic rings. The van der Waals surface area contributed by atoms with Gasteiger partial charge < -0.3 is 22.1 Å². The van der Waals surface area contributed by atoms with Crippen LogP contribution in [0.3, 0.4) is 0 Å². The second kappa shape index (κ2) is 15.3. The van der Waals surface area contributed by atoms with Crippen molar-refractivity contribution in [1.29, 1.82) is 0 Å². The summed E-state index contributed by atoms with van der Waals surface area (Å²) in [4.78, 5) is 23.0. The number of unbranched alkanes of at least 4 members (excludes halogenated alkanes) is 4. The molecule has 0 rings (SSSR count). The molecule has 6 heteroatoms. The molecule has 0 bridgehead atoms. The fourth-order valence-electron chi connectivity index (χ4n) is 1.93. The topological polar surface area (TPSA) is 110 Å². The molecule has 0 aliphatic carbocycles. The third-order valence-electron chi connectivity index (χ3n) is 3.21. The Morgan fingerprint density at radius 1 is 0.619 bits per heavy atom. The Morgan fingerprint density at radius 3 is 1.43 bits per heavy atom. The molecule has 6 nitrogen and oxygen atoms in total. The van der Waals surface area contributed by atoms with E-state index in [-0.39, 0.29) is 11.8 Å². The lowest BCUT2D eigenvalue weighted by Gasteiger charge is -2.06. The zero-order valence-corrected chi connectivity index (χ0v) is 13.2. The molecule has 6 N–H and O–H groups in total. The number of nitrogens with two attached hydrogens (primary N) is 2. The first-order chi connectivity index (χ1) is 10.2. The van der Waals surface area contributed by atoms with Crippen LogP contribution in [0.25, 0.3) is 0 Å². The molecule has 0 aromatic heterocycles. The zero-order chi connectivity index (χ0) is 15.8. The molecule has 0 heterocycles. The van der Waals surface area contributed by atoms with Crippen molar-refractivity contribution in [2.24, 2.45) is 11.5 Å². The highest BCUT2D eigenvalue weighted by Crippen LogP contribution is 1.97. The lowest BCUT2D eigenvalue weighted by molar-refractivity contribution is -0.122. The first-order valence-corrected chi connectivity index (χ1v) is 8.14. The Morgan fingerprint density at radius 2 is 1.05 bits per heavy atom. The van der Waals surface area contributed by atoms with E-state index in [1.807, 2.05) is 0 Å². The summed E-state index contributed by atoms with van der Waals surface area (Å²) in [5.41, 5.74) is 10.8. The molecule has 0 spiro atoms. The fraction of sp³-hybridized carbons (Fsp3) is 0.867. The minimum absolute atomic E-state index is 0.0264. The summed E-state index contributed by atoms with van der Waals surface area (Å²) in [5.74, 6) is 0.0528. The Hall–Kier alpha value is -1.14. The first kappa shape index (κ1) is 19.9. The third-order valence-corrected chi connectivity index (χ3v) is 3.21. The number of hydrogen-bond acceptors (Lipinski definition) is 4. The van der Waals surface area contributed by atoms with E-state index in [0.717, 1.165) is 38.5 Å². The van der Waals surface area contributed by atoms with Crippen molar-refractivity contribution < 1.29 is 9.59 Å². The molecule has 124 valence electrons. The van der Waals surface area contributed by atoms with Gasteiger partial charge in [-0.05, 0) is 45.2 Å². The average Bonchev–Trinajstić information content (AvgIpc) is 2.47. The van der Waals surface area contributed by atoms with Crippen molar-refractivity contribution in [2.45, 2.75) is 57.8 Å². The summed E-state index contributed by atoms with van der Waals surface area (Å²) in [7, 11) is 0. The summed E-state index contributed by atoms with van der Waals surface area (Å²) in [5, 5.41) is 5.72. The van der Waals surface area contributed by atoms with Gasteiger partial charge in [-0.1, -0.05) is 12.8 Å². The molecule has 21 heavy (non-hydrogen) atoms. The van der Waals surface area contributed by atoms with E-state index in [1.165, 1.54) is 0 Å². The molecular weight excluding hydrogens is 268 g/mol. The Kier molecular flexibility index (Phi) is 14.4. The minimum atomic E-state index is 0.0264. The van der Waals surface area contributed by atoms with Gasteiger partial charge in [-0.2, -0.15) is 0 Å². The molecule has 0 atom stereocenters. The predicted octanol–water partition coefficient (Wildman–Crippen LogP) is 0.647. The lowest BCUT2D eigenvalue weighted by atomic mass is 10.2. The average molecular weight is 300 g/mol. The van der Waals surface area contributed by atoms with Crippen molar-refractivity contribution in [3.63, 3.8) is 0 Å². The molecule has 0 saturated heterocycles. The largest absolute Gasteiger partial charge is 0.356 e. The van der Waals surface area contributed by atoms with Crippen molar-refractivity contribution >= 4 is 11.8 Å². The van der Waals surface area contributed by atoms with Gasteiger partial charge in [0.25, 0.3) is 0 Å². The molecule has 2 amide bonds. The molecule has 0 radical (unpaired) electrons. The van der Waals surface area contributed by atoms with E-state index in [4.69, 9.17) is 11.5 Å². The molecule has 0 fully saturated rings. The van der Waals surface area contributed by atoms with Gasteiger partial charge >= 0.3 is 0 Å². The van der Waals surface area contributed by atoms with Crippen LogP contribution in [-0.2, 0) is 9.59 Å². The van der Waals surface area contributed by atoms with Crippen LogP contribution in [0.4, 0.5) is 0 Å². The number of amides is 2. The quantitative estimate of drug-likeness (QED) is 0.353. The predicted molar refractivity (Wildman–Crippen MR) is 85.7 cm³/mol. The molecule has 0 aromatic rings. The van der Waals surface area contributed by atoms with E-state index in [1.54, 1.807) is 0 Å². The maximum absolute atomic E-state index is 11.5. The van der Waals surface area contributed by atoms with Gasteiger partial charge in [-0.15, -0.1) is 0 Å². The van der Waals surface area contributed by atoms with Crippen LogP contribution in [0.5, 0.6) is 0 Å². The Labute approximate surface area is 128 Å². The standard InChI is InChI=1S/C15H32N4O2/c16-10-3-1-5-12-18-14(20)8-7-9-15(21)19-13-6-2-4-11-17/h1-13,16-17H2,(H,18,20)(H,19,21). The second-order valence-electron chi connectivity index (χ2n) is 5.25. The molecule has 0 saturated carbocycles. The van der Waals surface area contributed by atoms with E-state index in [2.05, 4.69) is 10.6 Å². The summed E-state index contributed by atoms with van der Waals surface area (Å²) >= 11 is 0. The summed E-state index contributed by atoms with van der Waals surface area (Å²) in [6, 6.07) is 0. The van der Waals surface area contributed by atoms with Gasteiger partial charge in [0.2, 0.25) is 11.8 Å². The SMILES string of the molecule is NCCCCCNC(=O)CCCC(=O)NCCCCCN. The maximum Gasteiger partial charge on any atom is 0.220 e. The van der Waals surface area contributed by atoms with Gasteiger partial charge in [0.1, 0.15) is 0 Å². The first-order valence-electron chi connectivity index (χ1n) is 8.14. The Bertz CT molecular complexity index is 246. The van der Waals surface area contributed by atoms with Crippen molar-refractivity contribution in [1.82, 2.24) is 10.6 Å². The van der Waals surface area contributed by atoms with Crippen LogP contribution in [-0.4, -0.2) is 38.0 Å². The second-order valence-corrected chi connectivity index (χ2v) is 5.25. The highest BCUT2D eigenvalue weighted by atomic mass is 16.2. The normalized spacial score (nSPS) is 10.4. The van der Waals surface area contributed by atoms with Gasteiger partial charge in [-0.25, -0.2) is 0 Å².